The second-order valence-corrected chi connectivity index (χ2v) is 7.93. The normalized spacial score (nSPS) is 23.2. The van der Waals surface area contributed by atoms with E-state index in [0.717, 1.165) is 12.6 Å². The van der Waals surface area contributed by atoms with Gasteiger partial charge in [0.1, 0.15) is 0 Å². The van der Waals surface area contributed by atoms with E-state index in [9.17, 15) is 0 Å². The van der Waals surface area contributed by atoms with E-state index in [0.29, 0.717) is 0 Å². The molecule has 0 N–H and O–H groups in total. The summed E-state index contributed by atoms with van der Waals surface area (Å²) in [5.41, 5.74) is 4.03. The van der Waals surface area contributed by atoms with Gasteiger partial charge in [-0.3, -0.25) is 9.80 Å². The van der Waals surface area contributed by atoms with Gasteiger partial charge in [0.05, 0.1) is 0 Å². The van der Waals surface area contributed by atoms with E-state index in [1.807, 2.05) is 0 Å². The maximum atomic E-state index is 2.73. The number of hydrogen-bond donors (Lipinski definition) is 0. The van der Waals surface area contributed by atoms with Crippen molar-refractivity contribution in [3.63, 3.8) is 0 Å². The summed E-state index contributed by atoms with van der Waals surface area (Å²) in [5, 5.41) is 0. The van der Waals surface area contributed by atoms with Crippen LogP contribution >= 0.6 is 0 Å². The summed E-state index contributed by atoms with van der Waals surface area (Å²) < 4.78 is 0. The molecule has 2 aliphatic heterocycles. The Balaban J connectivity index is 1.29. The van der Waals surface area contributed by atoms with Crippen LogP contribution in [0.2, 0.25) is 0 Å². The van der Waals surface area contributed by atoms with Gasteiger partial charge in [0, 0.05) is 45.3 Å². The molecule has 26 heavy (non-hydrogen) atoms. The first-order valence-electron chi connectivity index (χ1n) is 10.1. The SMILES string of the molecule is CN1CCCC(N2CCN(Cc3ccc(-c4ccccc4)cc3)CC2)C1. The average molecular weight is 350 g/mol. The second kappa shape index (κ2) is 8.34. The first-order valence-corrected chi connectivity index (χ1v) is 10.1. The molecule has 1 unspecified atom stereocenters. The minimum Gasteiger partial charge on any atom is -0.305 e. The quantitative estimate of drug-likeness (QED) is 0.835. The Morgan fingerprint density at radius 3 is 2.19 bits per heavy atom. The van der Waals surface area contributed by atoms with Gasteiger partial charge in [0.2, 0.25) is 0 Å². The van der Waals surface area contributed by atoms with Gasteiger partial charge in [-0.05, 0) is 43.1 Å². The number of likely N-dealkylation sites (tertiary alicyclic amines) is 1. The molecule has 1 atom stereocenters. The molecule has 3 nitrogen and oxygen atoms in total. The van der Waals surface area contributed by atoms with Crippen LogP contribution in [0.3, 0.4) is 0 Å². The third-order valence-corrected chi connectivity index (χ3v) is 5.99. The van der Waals surface area contributed by atoms with E-state index in [-0.39, 0.29) is 0 Å². The fraction of sp³-hybridized carbons (Fsp3) is 0.478. The maximum absolute atomic E-state index is 2.73. The number of likely N-dealkylation sites (N-methyl/N-ethyl adjacent to an activating group) is 1. The highest BCUT2D eigenvalue weighted by Gasteiger charge is 2.26. The summed E-state index contributed by atoms with van der Waals surface area (Å²) in [6, 6.07) is 20.5. The molecule has 2 aliphatic rings. The van der Waals surface area contributed by atoms with Crippen LogP contribution in [0.15, 0.2) is 54.6 Å². The first kappa shape index (κ1) is 17.7. The Morgan fingerprint density at radius 1 is 0.808 bits per heavy atom. The lowest BCUT2D eigenvalue weighted by atomic mass is 10.0. The Hall–Kier alpha value is -1.68. The molecule has 4 rings (SSSR count). The van der Waals surface area contributed by atoms with E-state index >= 15 is 0 Å². The lowest BCUT2D eigenvalue weighted by Gasteiger charge is -2.42. The molecule has 0 amide bonds. The standard InChI is InChI=1S/C23H31N3/c1-24-13-5-8-23(19-24)26-16-14-25(15-17-26)18-20-9-11-22(12-10-20)21-6-3-2-4-7-21/h2-4,6-7,9-12,23H,5,8,13-19H2,1H3. The van der Waals surface area contributed by atoms with Crippen molar-refractivity contribution in [3.05, 3.63) is 60.2 Å². The first-order chi connectivity index (χ1) is 12.8. The molecular weight excluding hydrogens is 318 g/mol. The Labute approximate surface area is 158 Å². The van der Waals surface area contributed by atoms with Gasteiger partial charge >= 0.3 is 0 Å². The van der Waals surface area contributed by atoms with Gasteiger partial charge in [-0.25, -0.2) is 0 Å². The fourth-order valence-electron chi connectivity index (χ4n) is 4.42. The van der Waals surface area contributed by atoms with Crippen LogP contribution in [-0.4, -0.2) is 67.1 Å². The van der Waals surface area contributed by atoms with Gasteiger partial charge in [-0.2, -0.15) is 0 Å². The average Bonchev–Trinajstić information content (AvgIpc) is 2.70. The molecule has 0 aliphatic carbocycles. The number of rotatable bonds is 4. The van der Waals surface area contributed by atoms with E-state index in [1.54, 1.807) is 0 Å². The lowest BCUT2D eigenvalue weighted by Crippen LogP contribution is -2.54. The molecule has 0 spiro atoms. The minimum atomic E-state index is 0.779. The monoisotopic (exact) mass is 349 g/mol. The number of piperidine rings is 1. The second-order valence-electron chi connectivity index (χ2n) is 7.93. The summed E-state index contributed by atoms with van der Waals surface area (Å²) in [5.74, 6) is 0. The third-order valence-electron chi connectivity index (χ3n) is 5.99. The van der Waals surface area contributed by atoms with Crippen molar-refractivity contribution in [1.82, 2.24) is 14.7 Å². The zero-order valence-electron chi connectivity index (χ0n) is 16.0. The molecule has 138 valence electrons. The molecule has 0 bridgehead atoms. The van der Waals surface area contributed by atoms with Crippen LogP contribution in [0.1, 0.15) is 18.4 Å². The topological polar surface area (TPSA) is 9.72 Å². The van der Waals surface area contributed by atoms with Gasteiger partial charge in [-0.15, -0.1) is 0 Å². The number of hydrogen-bond acceptors (Lipinski definition) is 3. The van der Waals surface area contributed by atoms with Crippen LogP contribution < -0.4 is 0 Å². The lowest BCUT2D eigenvalue weighted by molar-refractivity contribution is 0.0568. The van der Waals surface area contributed by atoms with Crippen molar-refractivity contribution >= 4 is 0 Å². The highest BCUT2D eigenvalue weighted by molar-refractivity contribution is 5.63. The molecule has 2 aromatic carbocycles. The number of piperazine rings is 1. The van der Waals surface area contributed by atoms with Crippen LogP contribution in [0.4, 0.5) is 0 Å². The van der Waals surface area contributed by atoms with Crippen molar-refractivity contribution in [1.29, 1.82) is 0 Å². The van der Waals surface area contributed by atoms with Gasteiger partial charge < -0.3 is 4.90 Å². The molecule has 0 saturated carbocycles. The maximum Gasteiger partial charge on any atom is 0.0234 e. The molecule has 2 aromatic rings. The predicted octanol–water partition coefficient (Wildman–Crippen LogP) is 3.57. The smallest absolute Gasteiger partial charge is 0.0234 e. The van der Waals surface area contributed by atoms with Crippen LogP contribution in [0, 0.1) is 0 Å². The summed E-state index contributed by atoms with van der Waals surface area (Å²) in [6.45, 7) is 8.44. The molecule has 2 fully saturated rings. The van der Waals surface area contributed by atoms with E-state index < -0.39 is 0 Å². The van der Waals surface area contributed by atoms with E-state index in [4.69, 9.17) is 0 Å². The van der Waals surface area contributed by atoms with E-state index in [2.05, 4.69) is 76.3 Å². The van der Waals surface area contributed by atoms with Crippen LogP contribution in [0.25, 0.3) is 11.1 Å². The summed E-state index contributed by atoms with van der Waals surface area (Å²) in [4.78, 5) is 7.83. The highest BCUT2D eigenvalue weighted by atomic mass is 15.3. The molecule has 2 saturated heterocycles. The highest BCUT2D eigenvalue weighted by Crippen LogP contribution is 2.21. The summed E-state index contributed by atoms with van der Waals surface area (Å²) in [6.07, 6.45) is 2.74. The van der Waals surface area contributed by atoms with Crippen LogP contribution in [-0.2, 0) is 6.54 Å². The Bertz CT molecular complexity index is 674. The molecule has 0 radical (unpaired) electrons. The predicted molar refractivity (Wildman–Crippen MR) is 109 cm³/mol. The zero-order valence-corrected chi connectivity index (χ0v) is 16.0. The van der Waals surface area contributed by atoms with Crippen molar-refractivity contribution in [2.45, 2.75) is 25.4 Å². The summed E-state index contributed by atoms with van der Waals surface area (Å²) >= 11 is 0. The van der Waals surface area contributed by atoms with Gasteiger partial charge in [0.25, 0.3) is 0 Å². The minimum absolute atomic E-state index is 0.779. The molecule has 0 aromatic heterocycles. The molecule has 3 heteroatoms. The van der Waals surface area contributed by atoms with Crippen molar-refractivity contribution in [2.24, 2.45) is 0 Å². The van der Waals surface area contributed by atoms with Gasteiger partial charge in [0.15, 0.2) is 0 Å². The summed E-state index contributed by atoms with van der Waals surface area (Å²) in [7, 11) is 2.27. The van der Waals surface area contributed by atoms with Crippen LogP contribution in [0.5, 0.6) is 0 Å². The zero-order chi connectivity index (χ0) is 17.8. The largest absolute Gasteiger partial charge is 0.305 e. The molecular formula is C23H31N3. The number of benzene rings is 2. The van der Waals surface area contributed by atoms with Gasteiger partial charge in [-0.1, -0.05) is 54.6 Å². The number of nitrogens with zero attached hydrogens (tertiary/aromatic N) is 3. The van der Waals surface area contributed by atoms with Crippen molar-refractivity contribution in [3.8, 4) is 11.1 Å². The Morgan fingerprint density at radius 2 is 1.50 bits per heavy atom. The van der Waals surface area contributed by atoms with Crippen molar-refractivity contribution in [2.75, 3.05) is 46.3 Å². The third kappa shape index (κ3) is 4.35. The fourth-order valence-corrected chi connectivity index (χ4v) is 4.42. The van der Waals surface area contributed by atoms with Crippen molar-refractivity contribution < 1.29 is 0 Å². The Kier molecular flexibility index (Phi) is 5.68. The van der Waals surface area contributed by atoms with E-state index in [1.165, 1.54) is 68.8 Å². The molecule has 2 heterocycles.